The van der Waals surface area contributed by atoms with Gasteiger partial charge < -0.3 is 5.32 Å². The summed E-state index contributed by atoms with van der Waals surface area (Å²) in [5, 5.41) is 13.9. The highest BCUT2D eigenvalue weighted by Gasteiger charge is 2.12. The summed E-state index contributed by atoms with van der Waals surface area (Å²) in [5.74, 6) is 3.11. The van der Waals surface area contributed by atoms with Gasteiger partial charge in [0, 0.05) is 43.8 Å². The van der Waals surface area contributed by atoms with E-state index in [9.17, 15) is 10.1 Å². The smallest absolute Gasteiger partial charge is 0.290 e. The van der Waals surface area contributed by atoms with Crippen LogP contribution < -0.4 is 5.32 Å². The number of pyridine rings is 1. The lowest BCUT2D eigenvalue weighted by Gasteiger charge is -2.26. The summed E-state index contributed by atoms with van der Waals surface area (Å²) in [6.45, 7) is 5.73. The van der Waals surface area contributed by atoms with Gasteiger partial charge in [-0.15, -0.1) is 0 Å². The molecule has 7 heteroatoms. The molecule has 0 bridgehead atoms. The number of hydrogen-bond donors (Lipinski definition) is 1. The molecule has 0 radical (unpaired) electrons. The van der Waals surface area contributed by atoms with Crippen LogP contribution in [0.5, 0.6) is 0 Å². The highest BCUT2D eigenvalue weighted by molar-refractivity contribution is 7.99. The minimum absolute atomic E-state index is 0.0682. The van der Waals surface area contributed by atoms with Crippen LogP contribution in [0.25, 0.3) is 0 Å². The Labute approximate surface area is 116 Å². The van der Waals surface area contributed by atoms with Crippen molar-refractivity contribution in [2.24, 2.45) is 0 Å². The maximum atomic E-state index is 10.7. The van der Waals surface area contributed by atoms with E-state index in [-0.39, 0.29) is 5.69 Å². The maximum absolute atomic E-state index is 10.7. The van der Waals surface area contributed by atoms with Crippen molar-refractivity contribution in [3.63, 3.8) is 0 Å². The zero-order valence-corrected chi connectivity index (χ0v) is 11.8. The molecule has 1 aliphatic rings. The molecule has 1 aliphatic heterocycles. The quantitative estimate of drug-likeness (QED) is 0.655. The average Bonchev–Trinajstić information content (AvgIpc) is 2.39. The molecular weight excluding hydrogens is 264 g/mol. The third-order valence-electron chi connectivity index (χ3n) is 3.09. The molecule has 0 amide bonds. The van der Waals surface area contributed by atoms with E-state index >= 15 is 0 Å². The van der Waals surface area contributed by atoms with Crippen LogP contribution in [-0.2, 0) is 0 Å². The molecule has 0 spiro atoms. The molecule has 1 aromatic heterocycles. The van der Waals surface area contributed by atoms with E-state index in [4.69, 9.17) is 0 Å². The number of anilines is 1. The van der Waals surface area contributed by atoms with Crippen LogP contribution in [-0.4, -0.2) is 52.5 Å². The SMILES string of the molecule is Cc1nc(NCCN2CCSCC2)ccc1[N+](=O)[O-]. The van der Waals surface area contributed by atoms with Crippen molar-refractivity contribution in [3.05, 3.63) is 27.9 Å². The van der Waals surface area contributed by atoms with Gasteiger partial charge in [0.1, 0.15) is 11.5 Å². The molecule has 104 valence electrons. The Bertz CT molecular complexity index is 449. The molecule has 2 rings (SSSR count). The van der Waals surface area contributed by atoms with Gasteiger partial charge in [0.05, 0.1) is 4.92 Å². The number of nitrogens with one attached hydrogen (secondary N) is 1. The van der Waals surface area contributed by atoms with Crippen molar-refractivity contribution in [1.82, 2.24) is 9.88 Å². The molecule has 6 nitrogen and oxygen atoms in total. The van der Waals surface area contributed by atoms with E-state index in [1.54, 1.807) is 13.0 Å². The third kappa shape index (κ3) is 4.07. The number of aromatic nitrogens is 1. The lowest BCUT2D eigenvalue weighted by atomic mass is 10.3. The predicted molar refractivity (Wildman–Crippen MR) is 77.9 cm³/mol. The molecule has 0 aliphatic carbocycles. The van der Waals surface area contributed by atoms with E-state index in [0.29, 0.717) is 11.5 Å². The van der Waals surface area contributed by atoms with E-state index in [2.05, 4.69) is 15.2 Å². The molecule has 1 N–H and O–H groups in total. The van der Waals surface area contributed by atoms with Gasteiger partial charge in [-0.3, -0.25) is 15.0 Å². The first-order chi connectivity index (χ1) is 9.16. The van der Waals surface area contributed by atoms with E-state index in [1.165, 1.54) is 17.6 Å². The van der Waals surface area contributed by atoms with E-state index < -0.39 is 4.92 Å². The summed E-state index contributed by atoms with van der Waals surface area (Å²) in [6.07, 6.45) is 0. The second kappa shape index (κ2) is 6.72. The van der Waals surface area contributed by atoms with Gasteiger partial charge >= 0.3 is 0 Å². The number of thioether (sulfide) groups is 1. The van der Waals surface area contributed by atoms with Crippen molar-refractivity contribution in [3.8, 4) is 0 Å². The summed E-state index contributed by atoms with van der Waals surface area (Å²) in [5.41, 5.74) is 0.517. The Kier molecular flexibility index (Phi) is 4.98. The topological polar surface area (TPSA) is 71.3 Å². The monoisotopic (exact) mass is 282 g/mol. The minimum Gasteiger partial charge on any atom is -0.369 e. The zero-order chi connectivity index (χ0) is 13.7. The standard InChI is InChI=1S/C12H18N4O2S/c1-10-11(16(17)18)2-3-12(14-10)13-4-5-15-6-8-19-9-7-15/h2-3H,4-9H2,1H3,(H,13,14). The highest BCUT2D eigenvalue weighted by Crippen LogP contribution is 2.17. The predicted octanol–water partition coefficient (Wildman–Crippen LogP) is 1.76. The number of nitrogens with zero attached hydrogens (tertiary/aromatic N) is 3. The largest absolute Gasteiger partial charge is 0.369 e. The normalized spacial score (nSPS) is 16.3. The minimum atomic E-state index is -0.405. The fourth-order valence-electron chi connectivity index (χ4n) is 2.01. The average molecular weight is 282 g/mol. The number of hydrogen-bond acceptors (Lipinski definition) is 6. The molecule has 1 fully saturated rings. The molecular formula is C12H18N4O2S. The second-order valence-electron chi connectivity index (χ2n) is 4.44. The van der Waals surface area contributed by atoms with Gasteiger partial charge in [0.15, 0.2) is 0 Å². The van der Waals surface area contributed by atoms with Crippen LogP contribution in [0.1, 0.15) is 5.69 Å². The first kappa shape index (κ1) is 14.1. The van der Waals surface area contributed by atoms with Crippen LogP contribution in [0.3, 0.4) is 0 Å². The molecule has 0 aromatic carbocycles. The molecule has 0 unspecified atom stereocenters. The van der Waals surface area contributed by atoms with Gasteiger partial charge in [-0.1, -0.05) is 0 Å². The van der Waals surface area contributed by atoms with E-state index in [0.717, 1.165) is 26.2 Å². The van der Waals surface area contributed by atoms with Crippen LogP contribution >= 0.6 is 11.8 Å². The Morgan fingerprint density at radius 2 is 2.21 bits per heavy atom. The summed E-state index contributed by atoms with van der Waals surface area (Å²) in [7, 11) is 0. The van der Waals surface area contributed by atoms with Crippen LogP contribution in [0, 0.1) is 17.0 Å². The number of nitro groups is 1. The van der Waals surface area contributed by atoms with Gasteiger partial charge in [-0.2, -0.15) is 11.8 Å². The zero-order valence-electron chi connectivity index (χ0n) is 11.0. The first-order valence-corrected chi connectivity index (χ1v) is 7.48. The molecule has 1 aromatic rings. The Balaban J connectivity index is 1.82. The lowest BCUT2D eigenvalue weighted by Crippen LogP contribution is -2.36. The fourth-order valence-corrected chi connectivity index (χ4v) is 2.99. The molecule has 0 saturated carbocycles. The summed E-state index contributed by atoms with van der Waals surface area (Å²) >= 11 is 2.00. The van der Waals surface area contributed by atoms with Crippen LogP contribution in [0.4, 0.5) is 11.5 Å². The van der Waals surface area contributed by atoms with Crippen molar-refractivity contribution < 1.29 is 4.92 Å². The Hall–Kier alpha value is -1.34. The first-order valence-electron chi connectivity index (χ1n) is 6.33. The van der Waals surface area contributed by atoms with Crippen molar-refractivity contribution in [1.29, 1.82) is 0 Å². The van der Waals surface area contributed by atoms with Gasteiger partial charge in [-0.05, 0) is 13.0 Å². The van der Waals surface area contributed by atoms with E-state index in [1.807, 2.05) is 11.8 Å². The third-order valence-corrected chi connectivity index (χ3v) is 4.03. The maximum Gasteiger partial charge on any atom is 0.290 e. The van der Waals surface area contributed by atoms with Crippen LogP contribution in [0.2, 0.25) is 0 Å². The highest BCUT2D eigenvalue weighted by atomic mass is 32.2. The Morgan fingerprint density at radius 3 is 2.84 bits per heavy atom. The summed E-state index contributed by atoms with van der Waals surface area (Å²) in [4.78, 5) is 16.9. The fraction of sp³-hybridized carbons (Fsp3) is 0.583. The van der Waals surface area contributed by atoms with Crippen molar-refractivity contribution >= 4 is 23.3 Å². The van der Waals surface area contributed by atoms with Gasteiger partial charge in [0.25, 0.3) is 5.69 Å². The summed E-state index contributed by atoms with van der Waals surface area (Å²) < 4.78 is 0. The summed E-state index contributed by atoms with van der Waals surface area (Å²) in [6, 6.07) is 3.17. The lowest BCUT2D eigenvalue weighted by molar-refractivity contribution is -0.385. The van der Waals surface area contributed by atoms with Crippen molar-refractivity contribution in [2.75, 3.05) is 43.0 Å². The Morgan fingerprint density at radius 1 is 1.47 bits per heavy atom. The van der Waals surface area contributed by atoms with Gasteiger partial charge in [0.2, 0.25) is 0 Å². The molecule has 1 saturated heterocycles. The molecule has 19 heavy (non-hydrogen) atoms. The second-order valence-corrected chi connectivity index (χ2v) is 5.66. The van der Waals surface area contributed by atoms with Crippen LogP contribution in [0.15, 0.2) is 12.1 Å². The molecule has 0 atom stereocenters. The van der Waals surface area contributed by atoms with Gasteiger partial charge in [-0.25, -0.2) is 4.98 Å². The molecule has 2 heterocycles. The number of rotatable bonds is 5. The van der Waals surface area contributed by atoms with Crippen molar-refractivity contribution in [2.45, 2.75) is 6.92 Å². The number of aryl methyl sites for hydroxylation is 1.